The second kappa shape index (κ2) is 5.33. The van der Waals surface area contributed by atoms with E-state index in [2.05, 4.69) is 5.32 Å². The van der Waals surface area contributed by atoms with Crippen LogP contribution in [0.3, 0.4) is 0 Å². The van der Waals surface area contributed by atoms with Crippen LogP contribution in [0.25, 0.3) is 0 Å². The van der Waals surface area contributed by atoms with Gasteiger partial charge in [-0.3, -0.25) is 4.79 Å². The van der Waals surface area contributed by atoms with E-state index in [9.17, 15) is 9.90 Å². The van der Waals surface area contributed by atoms with E-state index in [0.717, 1.165) is 11.1 Å². The summed E-state index contributed by atoms with van der Waals surface area (Å²) in [6.45, 7) is 3.98. The molecule has 2 aromatic rings. The van der Waals surface area contributed by atoms with Gasteiger partial charge in [0.2, 0.25) is 0 Å². The molecule has 0 heterocycles. The van der Waals surface area contributed by atoms with Gasteiger partial charge in [0.25, 0.3) is 5.91 Å². The fraction of sp³-hybridized carbons (Fsp3) is 0.133. The Morgan fingerprint density at radius 3 is 2.47 bits per heavy atom. The molecule has 0 bridgehead atoms. The highest BCUT2D eigenvalue weighted by Gasteiger charge is 2.11. The molecule has 98 valence electrons. The minimum absolute atomic E-state index is 0.131. The first-order valence-electron chi connectivity index (χ1n) is 5.84. The summed E-state index contributed by atoms with van der Waals surface area (Å²) in [5.74, 6) is -0.494. The van der Waals surface area contributed by atoms with Crippen molar-refractivity contribution in [1.82, 2.24) is 0 Å². The maximum Gasteiger partial charge on any atom is 0.259 e. The van der Waals surface area contributed by atoms with Crippen molar-refractivity contribution in [1.29, 1.82) is 0 Å². The molecule has 0 aliphatic carbocycles. The van der Waals surface area contributed by atoms with E-state index in [-0.39, 0.29) is 17.2 Å². The Morgan fingerprint density at radius 1 is 1.11 bits per heavy atom. The minimum atomic E-state index is -0.364. The Labute approximate surface area is 116 Å². The van der Waals surface area contributed by atoms with Crippen molar-refractivity contribution in [2.75, 3.05) is 5.32 Å². The number of carbonyl (C=O) groups is 1. The highest BCUT2D eigenvalue weighted by Crippen LogP contribution is 2.23. The number of benzene rings is 2. The van der Waals surface area contributed by atoms with Crippen molar-refractivity contribution < 1.29 is 9.90 Å². The molecule has 1 amide bonds. The Bertz CT molecular complexity index is 638. The third kappa shape index (κ3) is 3.06. The van der Waals surface area contributed by atoms with E-state index < -0.39 is 0 Å². The Kier molecular flexibility index (Phi) is 3.76. The average molecular weight is 276 g/mol. The molecule has 0 unspecified atom stereocenters. The summed E-state index contributed by atoms with van der Waals surface area (Å²) >= 11 is 5.73. The van der Waals surface area contributed by atoms with Crippen LogP contribution in [0.5, 0.6) is 5.75 Å². The molecule has 0 aromatic heterocycles. The second-order valence-corrected chi connectivity index (χ2v) is 4.85. The zero-order valence-corrected chi connectivity index (χ0v) is 11.5. The van der Waals surface area contributed by atoms with Gasteiger partial charge in [0.1, 0.15) is 5.75 Å². The molecule has 0 saturated heterocycles. The molecule has 0 saturated carbocycles. The lowest BCUT2D eigenvalue weighted by Crippen LogP contribution is -2.12. The first-order valence-corrected chi connectivity index (χ1v) is 6.22. The molecule has 0 aliphatic heterocycles. The normalized spacial score (nSPS) is 10.3. The second-order valence-electron chi connectivity index (χ2n) is 4.41. The lowest BCUT2D eigenvalue weighted by molar-refractivity contribution is 0.102. The highest BCUT2D eigenvalue weighted by atomic mass is 35.5. The summed E-state index contributed by atoms with van der Waals surface area (Å²) in [4.78, 5) is 12.0. The molecule has 4 heteroatoms. The van der Waals surface area contributed by atoms with Crippen LogP contribution in [0.4, 0.5) is 5.69 Å². The predicted molar refractivity (Wildman–Crippen MR) is 77.0 cm³/mol. The zero-order valence-electron chi connectivity index (χ0n) is 10.7. The first-order chi connectivity index (χ1) is 8.97. The van der Waals surface area contributed by atoms with E-state index in [1.165, 1.54) is 12.1 Å². The number of aryl methyl sites for hydroxylation is 2. The van der Waals surface area contributed by atoms with Crippen LogP contribution in [0, 0.1) is 13.8 Å². The van der Waals surface area contributed by atoms with E-state index in [4.69, 9.17) is 11.6 Å². The van der Waals surface area contributed by atoms with Crippen LogP contribution in [0.1, 0.15) is 21.5 Å². The summed E-state index contributed by atoms with van der Waals surface area (Å²) < 4.78 is 0. The van der Waals surface area contributed by atoms with Crippen LogP contribution in [-0.2, 0) is 0 Å². The topological polar surface area (TPSA) is 49.3 Å². The largest absolute Gasteiger partial charge is 0.507 e. The fourth-order valence-corrected chi connectivity index (χ4v) is 1.88. The number of amides is 1. The number of hydrogen-bond acceptors (Lipinski definition) is 2. The van der Waals surface area contributed by atoms with Crippen molar-refractivity contribution in [2.45, 2.75) is 13.8 Å². The number of hydrogen-bond donors (Lipinski definition) is 2. The molecule has 2 rings (SSSR count). The first kappa shape index (κ1) is 13.4. The quantitative estimate of drug-likeness (QED) is 0.873. The lowest BCUT2D eigenvalue weighted by Gasteiger charge is -2.09. The van der Waals surface area contributed by atoms with E-state index in [1.54, 1.807) is 6.07 Å². The zero-order chi connectivity index (χ0) is 14.0. The number of rotatable bonds is 2. The molecule has 0 fully saturated rings. The average Bonchev–Trinajstić information content (AvgIpc) is 2.33. The van der Waals surface area contributed by atoms with E-state index in [1.807, 2.05) is 32.0 Å². The third-order valence-corrected chi connectivity index (χ3v) is 3.20. The van der Waals surface area contributed by atoms with Gasteiger partial charge in [-0.15, -0.1) is 0 Å². The molecular weight excluding hydrogens is 262 g/mol. The number of nitrogens with one attached hydrogen (secondary N) is 1. The van der Waals surface area contributed by atoms with Gasteiger partial charge < -0.3 is 10.4 Å². The Hall–Kier alpha value is -2.00. The number of phenolic OH excluding ortho intramolecular Hbond substituents is 1. The van der Waals surface area contributed by atoms with Gasteiger partial charge >= 0.3 is 0 Å². The van der Waals surface area contributed by atoms with Crippen LogP contribution in [0.15, 0.2) is 36.4 Å². The minimum Gasteiger partial charge on any atom is -0.507 e. The van der Waals surface area contributed by atoms with Crippen LogP contribution in [0.2, 0.25) is 5.02 Å². The van der Waals surface area contributed by atoms with Gasteiger partial charge in [-0.25, -0.2) is 0 Å². The summed E-state index contributed by atoms with van der Waals surface area (Å²) in [5.41, 5.74) is 3.15. The van der Waals surface area contributed by atoms with Crippen LogP contribution < -0.4 is 5.32 Å². The summed E-state index contributed by atoms with van der Waals surface area (Å²) in [7, 11) is 0. The fourth-order valence-electron chi connectivity index (χ4n) is 1.71. The molecule has 0 radical (unpaired) electrons. The molecular formula is C15H14ClNO2. The van der Waals surface area contributed by atoms with Gasteiger partial charge in [0, 0.05) is 10.7 Å². The van der Waals surface area contributed by atoms with Crippen molar-refractivity contribution in [3.05, 3.63) is 58.1 Å². The Balaban J connectivity index is 2.23. The van der Waals surface area contributed by atoms with Gasteiger partial charge in [0.15, 0.2) is 0 Å². The smallest absolute Gasteiger partial charge is 0.259 e. The third-order valence-electron chi connectivity index (χ3n) is 2.97. The van der Waals surface area contributed by atoms with Crippen LogP contribution >= 0.6 is 11.6 Å². The molecule has 0 aliphatic rings. The van der Waals surface area contributed by atoms with Crippen molar-refractivity contribution in [3.63, 3.8) is 0 Å². The van der Waals surface area contributed by atoms with Gasteiger partial charge in [-0.2, -0.15) is 0 Å². The molecule has 2 N–H and O–H groups in total. The monoisotopic (exact) mass is 275 g/mol. The summed E-state index contributed by atoms with van der Waals surface area (Å²) in [6, 6.07) is 10.1. The standard InChI is InChI=1S/C15H14ClNO2/c1-9-3-5-12(7-10(9)2)17-15(19)13-6-4-11(16)8-14(13)18/h3-8,18H,1-2H3,(H,17,19). The van der Waals surface area contributed by atoms with Crippen molar-refractivity contribution >= 4 is 23.2 Å². The Morgan fingerprint density at radius 2 is 1.84 bits per heavy atom. The lowest BCUT2D eigenvalue weighted by atomic mass is 10.1. The summed E-state index contributed by atoms with van der Waals surface area (Å²) in [5, 5.41) is 12.8. The predicted octanol–water partition coefficient (Wildman–Crippen LogP) is 3.91. The maximum atomic E-state index is 12.0. The van der Waals surface area contributed by atoms with Crippen molar-refractivity contribution in [3.8, 4) is 5.75 Å². The highest BCUT2D eigenvalue weighted by molar-refractivity contribution is 6.30. The maximum absolute atomic E-state index is 12.0. The van der Waals surface area contributed by atoms with Crippen molar-refractivity contribution in [2.24, 2.45) is 0 Å². The molecule has 3 nitrogen and oxygen atoms in total. The SMILES string of the molecule is Cc1ccc(NC(=O)c2ccc(Cl)cc2O)cc1C. The number of halogens is 1. The van der Waals surface area contributed by atoms with Gasteiger partial charge in [-0.1, -0.05) is 17.7 Å². The number of carbonyl (C=O) groups excluding carboxylic acids is 1. The molecule has 0 spiro atoms. The number of aromatic hydroxyl groups is 1. The van der Waals surface area contributed by atoms with Crippen LogP contribution in [-0.4, -0.2) is 11.0 Å². The summed E-state index contributed by atoms with van der Waals surface area (Å²) in [6.07, 6.45) is 0. The van der Waals surface area contributed by atoms with Gasteiger partial charge in [0.05, 0.1) is 5.56 Å². The molecule has 2 aromatic carbocycles. The molecule has 0 atom stereocenters. The number of anilines is 1. The number of phenols is 1. The van der Waals surface area contributed by atoms with Gasteiger partial charge in [-0.05, 0) is 55.3 Å². The molecule has 19 heavy (non-hydrogen) atoms. The van der Waals surface area contributed by atoms with E-state index in [0.29, 0.717) is 10.7 Å². The van der Waals surface area contributed by atoms with E-state index >= 15 is 0 Å².